The Morgan fingerprint density at radius 1 is 1.03 bits per heavy atom. The number of hydrogen-bond acceptors (Lipinski definition) is 4. The lowest BCUT2D eigenvalue weighted by molar-refractivity contribution is -0.119. The van der Waals surface area contributed by atoms with Gasteiger partial charge in [-0.1, -0.05) is 24.3 Å². The van der Waals surface area contributed by atoms with Gasteiger partial charge in [0.05, 0.1) is 19.3 Å². The zero-order valence-corrected chi connectivity index (χ0v) is 16.5. The molecular formula is C22H26FN3O3. The number of benzene rings is 2. The van der Waals surface area contributed by atoms with Crippen LogP contribution < -0.4 is 10.6 Å². The molecule has 154 valence electrons. The van der Waals surface area contributed by atoms with Crippen molar-refractivity contribution in [2.24, 2.45) is 0 Å². The molecule has 0 bridgehead atoms. The maximum Gasteiger partial charge on any atom is 0.251 e. The molecule has 0 saturated carbocycles. The standard InChI is InChI=1S/C22H26FN3O3/c1-16(27)24-14-17-2-4-19(5-3-17)22(28)25-15-21(26-10-12-29-13-11-26)18-6-8-20(23)9-7-18/h2-9,21H,10-15H2,1H3,(H,24,27)(H,25,28)/t21-/m1/s1. The second kappa shape index (κ2) is 10.1. The molecule has 6 nitrogen and oxygen atoms in total. The van der Waals surface area contributed by atoms with Crippen LogP contribution in [0.1, 0.15) is 34.5 Å². The van der Waals surface area contributed by atoms with Crippen LogP contribution in [0.4, 0.5) is 4.39 Å². The Labute approximate surface area is 170 Å². The van der Waals surface area contributed by atoms with Gasteiger partial charge in [0.2, 0.25) is 5.91 Å². The van der Waals surface area contributed by atoms with Gasteiger partial charge in [-0.25, -0.2) is 4.39 Å². The van der Waals surface area contributed by atoms with Crippen molar-refractivity contribution in [2.45, 2.75) is 19.5 Å². The topological polar surface area (TPSA) is 70.7 Å². The van der Waals surface area contributed by atoms with E-state index in [0.29, 0.717) is 31.9 Å². The first kappa shape index (κ1) is 21.0. The third-order valence-electron chi connectivity index (χ3n) is 4.95. The molecule has 0 spiro atoms. The fourth-order valence-electron chi connectivity index (χ4n) is 3.32. The van der Waals surface area contributed by atoms with E-state index in [1.807, 2.05) is 12.1 Å². The molecule has 29 heavy (non-hydrogen) atoms. The number of carbonyl (C=O) groups excluding carboxylic acids is 2. The van der Waals surface area contributed by atoms with E-state index in [1.165, 1.54) is 19.1 Å². The Morgan fingerprint density at radius 2 is 1.69 bits per heavy atom. The van der Waals surface area contributed by atoms with Crippen LogP contribution in [0.25, 0.3) is 0 Å². The largest absolute Gasteiger partial charge is 0.379 e. The number of carbonyl (C=O) groups is 2. The van der Waals surface area contributed by atoms with E-state index in [-0.39, 0.29) is 23.7 Å². The van der Waals surface area contributed by atoms with Crippen molar-refractivity contribution in [3.8, 4) is 0 Å². The van der Waals surface area contributed by atoms with Crippen LogP contribution in [-0.4, -0.2) is 49.6 Å². The highest BCUT2D eigenvalue weighted by Gasteiger charge is 2.23. The lowest BCUT2D eigenvalue weighted by atomic mass is 10.0. The lowest BCUT2D eigenvalue weighted by Gasteiger charge is -2.35. The Kier molecular flexibility index (Phi) is 7.32. The first-order valence-corrected chi connectivity index (χ1v) is 9.72. The molecule has 2 aromatic carbocycles. The van der Waals surface area contributed by atoms with E-state index in [9.17, 15) is 14.0 Å². The average Bonchev–Trinajstić information content (AvgIpc) is 2.74. The molecule has 0 unspecified atom stereocenters. The third-order valence-corrected chi connectivity index (χ3v) is 4.95. The molecule has 1 saturated heterocycles. The summed E-state index contributed by atoms with van der Waals surface area (Å²) in [5.74, 6) is -0.545. The summed E-state index contributed by atoms with van der Waals surface area (Å²) in [6.45, 7) is 5.11. The van der Waals surface area contributed by atoms with Crippen LogP contribution in [0, 0.1) is 5.82 Å². The Morgan fingerprint density at radius 3 is 2.31 bits per heavy atom. The molecule has 2 amide bonds. The fourth-order valence-corrected chi connectivity index (χ4v) is 3.32. The summed E-state index contributed by atoms with van der Waals surface area (Å²) in [4.78, 5) is 25.9. The second-order valence-corrected chi connectivity index (χ2v) is 7.03. The van der Waals surface area contributed by atoms with Gasteiger partial charge in [0.1, 0.15) is 5.82 Å². The predicted molar refractivity (Wildman–Crippen MR) is 108 cm³/mol. The summed E-state index contributed by atoms with van der Waals surface area (Å²) in [5, 5.41) is 5.72. The van der Waals surface area contributed by atoms with Gasteiger partial charge in [-0.05, 0) is 35.4 Å². The van der Waals surface area contributed by atoms with Crippen molar-refractivity contribution in [3.05, 3.63) is 71.0 Å². The highest BCUT2D eigenvalue weighted by atomic mass is 19.1. The third kappa shape index (κ3) is 6.10. The number of halogens is 1. The van der Waals surface area contributed by atoms with Crippen LogP contribution in [0.2, 0.25) is 0 Å². The average molecular weight is 399 g/mol. The summed E-state index contributed by atoms with van der Waals surface area (Å²) >= 11 is 0. The molecule has 7 heteroatoms. The smallest absolute Gasteiger partial charge is 0.251 e. The van der Waals surface area contributed by atoms with Crippen molar-refractivity contribution in [3.63, 3.8) is 0 Å². The van der Waals surface area contributed by atoms with Crippen molar-refractivity contribution in [1.82, 2.24) is 15.5 Å². The molecule has 0 radical (unpaired) electrons. The van der Waals surface area contributed by atoms with Crippen LogP contribution >= 0.6 is 0 Å². The van der Waals surface area contributed by atoms with Gasteiger partial charge in [-0.2, -0.15) is 0 Å². The number of ether oxygens (including phenoxy) is 1. The van der Waals surface area contributed by atoms with Gasteiger partial charge >= 0.3 is 0 Å². The summed E-state index contributed by atoms with van der Waals surface area (Å²) in [6, 6.07) is 13.5. The number of rotatable bonds is 7. The van der Waals surface area contributed by atoms with E-state index in [4.69, 9.17) is 4.74 Å². The SMILES string of the molecule is CC(=O)NCc1ccc(C(=O)NC[C@H](c2ccc(F)cc2)N2CCOCC2)cc1. The number of amides is 2. The maximum atomic E-state index is 13.3. The minimum Gasteiger partial charge on any atom is -0.379 e. The highest BCUT2D eigenvalue weighted by Crippen LogP contribution is 2.22. The number of nitrogens with zero attached hydrogens (tertiary/aromatic N) is 1. The van der Waals surface area contributed by atoms with Crippen molar-refractivity contribution < 1.29 is 18.7 Å². The number of morpholine rings is 1. The van der Waals surface area contributed by atoms with Crippen LogP contribution in [0.5, 0.6) is 0 Å². The van der Waals surface area contributed by atoms with E-state index in [2.05, 4.69) is 15.5 Å². The molecule has 1 aliphatic heterocycles. The van der Waals surface area contributed by atoms with Gasteiger partial charge in [0.15, 0.2) is 0 Å². The number of hydrogen-bond donors (Lipinski definition) is 2. The first-order valence-electron chi connectivity index (χ1n) is 9.72. The normalized spacial score (nSPS) is 15.5. The lowest BCUT2D eigenvalue weighted by Crippen LogP contribution is -2.43. The van der Waals surface area contributed by atoms with Crippen LogP contribution in [0.15, 0.2) is 48.5 Å². The molecule has 0 aromatic heterocycles. The van der Waals surface area contributed by atoms with E-state index in [1.54, 1.807) is 24.3 Å². The molecule has 2 aromatic rings. The van der Waals surface area contributed by atoms with Crippen molar-refractivity contribution in [2.75, 3.05) is 32.8 Å². The molecular weight excluding hydrogens is 373 g/mol. The zero-order valence-electron chi connectivity index (χ0n) is 16.5. The summed E-state index contributed by atoms with van der Waals surface area (Å²) < 4.78 is 18.8. The summed E-state index contributed by atoms with van der Waals surface area (Å²) in [6.07, 6.45) is 0. The van der Waals surface area contributed by atoms with E-state index >= 15 is 0 Å². The molecule has 2 N–H and O–H groups in total. The molecule has 1 atom stereocenters. The minimum atomic E-state index is -0.280. The van der Waals surface area contributed by atoms with Gasteiger partial charge in [-0.15, -0.1) is 0 Å². The van der Waals surface area contributed by atoms with E-state index < -0.39 is 0 Å². The Bertz CT molecular complexity index is 818. The molecule has 1 aliphatic rings. The molecule has 3 rings (SSSR count). The maximum absolute atomic E-state index is 13.3. The summed E-state index contributed by atoms with van der Waals surface area (Å²) in [7, 11) is 0. The molecule has 1 heterocycles. The van der Waals surface area contributed by atoms with E-state index in [0.717, 1.165) is 24.2 Å². The number of nitrogens with one attached hydrogen (secondary N) is 2. The van der Waals surface area contributed by atoms with Gasteiger partial charge in [-0.3, -0.25) is 14.5 Å². The minimum absolute atomic E-state index is 0.0533. The zero-order chi connectivity index (χ0) is 20.6. The first-order chi connectivity index (χ1) is 14.0. The quantitative estimate of drug-likeness (QED) is 0.749. The van der Waals surface area contributed by atoms with Gasteiger partial charge in [0.25, 0.3) is 5.91 Å². The van der Waals surface area contributed by atoms with Gasteiger partial charge < -0.3 is 15.4 Å². The Hall–Kier alpha value is -2.77. The highest BCUT2D eigenvalue weighted by molar-refractivity contribution is 5.94. The van der Waals surface area contributed by atoms with Crippen LogP contribution in [0.3, 0.4) is 0 Å². The Balaban J connectivity index is 1.64. The summed E-state index contributed by atoms with van der Waals surface area (Å²) in [5.41, 5.74) is 2.44. The monoisotopic (exact) mass is 399 g/mol. The van der Waals surface area contributed by atoms with Crippen molar-refractivity contribution >= 4 is 11.8 Å². The predicted octanol–water partition coefficient (Wildman–Crippen LogP) is 2.27. The van der Waals surface area contributed by atoms with Crippen LogP contribution in [-0.2, 0) is 16.1 Å². The fraction of sp³-hybridized carbons (Fsp3) is 0.364. The van der Waals surface area contributed by atoms with Gasteiger partial charge in [0, 0.05) is 38.7 Å². The molecule has 1 fully saturated rings. The van der Waals surface area contributed by atoms with Crippen molar-refractivity contribution in [1.29, 1.82) is 0 Å². The molecule has 0 aliphatic carbocycles. The second-order valence-electron chi connectivity index (χ2n) is 7.03.